The highest BCUT2D eigenvalue weighted by Crippen LogP contribution is 2.38. The van der Waals surface area contributed by atoms with Crippen LogP contribution in [-0.2, 0) is 4.79 Å². The van der Waals surface area contributed by atoms with E-state index in [4.69, 9.17) is 26.2 Å². The Labute approximate surface area is 126 Å². The topological polar surface area (TPSA) is 84.9 Å². The van der Waals surface area contributed by atoms with Gasteiger partial charge in [0.05, 0.1) is 5.02 Å². The summed E-state index contributed by atoms with van der Waals surface area (Å²) in [5.41, 5.74) is 0.208. The molecule has 0 saturated heterocycles. The molecule has 0 saturated carbocycles. The molecule has 1 atom stereocenters. The molecule has 7 heteroatoms. The lowest BCUT2D eigenvalue weighted by Crippen LogP contribution is -2.40. The Morgan fingerprint density at radius 3 is 2.81 bits per heavy atom. The number of nitrogens with one attached hydrogen (secondary N) is 1. The van der Waals surface area contributed by atoms with Gasteiger partial charge in [-0.25, -0.2) is 4.79 Å². The molecule has 0 aliphatic carbocycles. The molecule has 0 fully saturated rings. The average Bonchev–Trinajstić information content (AvgIpc) is 2.46. The average molecular weight is 312 g/mol. The number of carboxylic acids is 1. The Morgan fingerprint density at radius 2 is 2.14 bits per heavy atom. The fourth-order valence-electron chi connectivity index (χ4n) is 1.87. The first-order chi connectivity index (χ1) is 10.0. The highest BCUT2D eigenvalue weighted by atomic mass is 35.5. The van der Waals surface area contributed by atoms with Crippen molar-refractivity contribution >= 4 is 23.5 Å². The first kappa shape index (κ1) is 15.2. The van der Waals surface area contributed by atoms with Crippen LogP contribution in [-0.4, -0.2) is 36.2 Å². The molecule has 1 aromatic carbocycles. The van der Waals surface area contributed by atoms with Crippen LogP contribution < -0.4 is 14.8 Å². The van der Waals surface area contributed by atoms with Crippen molar-refractivity contribution in [1.29, 1.82) is 0 Å². The van der Waals surface area contributed by atoms with Gasteiger partial charge in [0, 0.05) is 5.56 Å². The first-order valence-corrected chi connectivity index (χ1v) is 6.64. The van der Waals surface area contributed by atoms with Crippen LogP contribution in [0.25, 0.3) is 0 Å². The number of amides is 1. The van der Waals surface area contributed by atoms with E-state index in [0.29, 0.717) is 24.7 Å². The van der Waals surface area contributed by atoms with Gasteiger partial charge in [-0.2, -0.15) is 0 Å². The molecule has 0 bridgehead atoms. The van der Waals surface area contributed by atoms with E-state index in [1.54, 1.807) is 0 Å². The summed E-state index contributed by atoms with van der Waals surface area (Å²) in [7, 11) is 0. The minimum absolute atomic E-state index is 0.124. The van der Waals surface area contributed by atoms with Gasteiger partial charge in [0.2, 0.25) is 0 Å². The zero-order chi connectivity index (χ0) is 15.4. The molecule has 1 aliphatic rings. The Hall–Kier alpha value is -2.21. The molecule has 2 N–H and O–H groups in total. The monoisotopic (exact) mass is 311 g/mol. The molecular formula is C14H14ClNO5. The minimum atomic E-state index is -1.13. The minimum Gasteiger partial charge on any atom is -0.486 e. The van der Waals surface area contributed by atoms with Gasteiger partial charge in [0.25, 0.3) is 5.91 Å². The number of carbonyl (C=O) groups is 2. The standard InChI is InChI=1S/C14H14ClNO5/c1-2-3-10(14(18)19)16-13(17)8-6-9(15)12-11(7-8)20-4-5-21-12/h2,6-7,10H,1,3-5H2,(H,16,17)(H,18,19). The second-order valence-electron chi connectivity index (χ2n) is 4.37. The van der Waals surface area contributed by atoms with Gasteiger partial charge in [-0.3, -0.25) is 4.79 Å². The van der Waals surface area contributed by atoms with E-state index in [-0.39, 0.29) is 17.0 Å². The number of ether oxygens (including phenoxy) is 2. The second-order valence-corrected chi connectivity index (χ2v) is 4.78. The Kier molecular flexibility index (Phi) is 4.70. The summed E-state index contributed by atoms with van der Waals surface area (Å²) >= 11 is 6.03. The quantitative estimate of drug-likeness (QED) is 0.811. The number of aliphatic carboxylic acids is 1. The summed E-state index contributed by atoms with van der Waals surface area (Å²) in [6.45, 7) is 4.21. The van der Waals surface area contributed by atoms with Gasteiger partial charge in [-0.1, -0.05) is 17.7 Å². The molecule has 0 spiro atoms. The number of carbonyl (C=O) groups excluding carboxylic acids is 1. The number of halogens is 1. The van der Waals surface area contributed by atoms with Crippen LogP contribution in [0.2, 0.25) is 5.02 Å². The summed E-state index contributed by atoms with van der Waals surface area (Å²) in [5.74, 6) is -0.926. The molecule has 21 heavy (non-hydrogen) atoms. The van der Waals surface area contributed by atoms with Crippen molar-refractivity contribution in [2.45, 2.75) is 12.5 Å². The van der Waals surface area contributed by atoms with Crippen molar-refractivity contribution in [2.24, 2.45) is 0 Å². The van der Waals surface area contributed by atoms with Crippen molar-refractivity contribution in [1.82, 2.24) is 5.32 Å². The van der Waals surface area contributed by atoms with Gasteiger partial charge >= 0.3 is 5.97 Å². The van der Waals surface area contributed by atoms with Crippen LogP contribution in [0.3, 0.4) is 0 Å². The zero-order valence-corrected chi connectivity index (χ0v) is 11.9. The van der Waals surface area contributed by atoms with E-state index in [1.807, 2.05) is 0 Å². The van der Waals surface area contributed by atoms with Crippen LogP contribution in [0.4, 0.5) is 0 Å². The zero-order valence-electron chi connectivity index (χ0n) is 11.1. The molecule has 0 radical (unpaired) electrons. The lowest BCUT2D eigenvalue weighted by Gasteiger charge is -2.20. The molecule has 1 aromatic rings. The SMILES string of the molecule is C=CCC(NC(=O)c1cc(Cl)c2c(c1)OCCO2)C(=O)O. The molecule has 0 aromatic heterocycles. The van der Waals surface area contributed by atoms with Crippen molar-refractivity contribution < 1.29 is 24.2 Å². The largest absolute Gasteiger partial charge is 0.486 e. The van der Waals surface area contributed by atoms with Crippen LogP contribution >= 0.6 is 11.6 Å². The molecule has 6 nitrogen and oxygen atoms in total. The highest BCUT2D eigenvalue weighted by Gasteiger charge is 2.22. The summed E-state index contributed by atoms with van der Waals surface area (Å²) in [4.78, 5) is 23.1. The number of carboxylic acid groups (broad SMARTS) is 1. The molecular weight excluding hydrogens is 298 g/mol. The first-order valence-electron chi connectivity index (χ1n) is 6.26. The summed E-state index contributed by atoms with van der Waals surface area (Å²) in [6.07, 6.45) is 1.55. The van der Waals surface area contributed by atoms with E-state index >= 15 is 0 Å². The van der Waals surface area contributed by atoms with Gasteiger partial charge in [0.15, 0.2) is 11.5 Å². The van der Waals surface area contributed by atoms with Crippen molar-refractivity contribution in [3.63, 3.8) is 0 Å². The predicted octanol–water partition coefficient (Wildman–Crippen LogP) is 1.87. The fourth-order valence-corrected chi connectivity index (χ4v) is 2.14. The van der Waals surface area contributed by atoms with Crippen molar-refractivity contribution in [2.75, 3.05) is 13.2 Å². The third-order valence-corrected chi connectivity index (χ3v) is 3.15. The summed E-state index contributed by atoms with van der Waals surface area (Å²) < 4.78 is 10.7. The number of hydrogen-bond acceptors (Lipinski definition) is 4. The normalized spacial score (nSPS) is 14.1. The second kappa shape index (κ2) is 6.49. The highest BCUT2D eigenvalue weighted by molar-refractivity contribution is 6.32. The molecule has 2 rings (SSSR count). The van der Waals surface area contributed by atoms with Crippen LogP contribution in [0.5, 0.6) is 11.5 Å². The van der Waals surface area contributed by atoms with Crippen LogP contribution in [0.1, 0.15) is 16.8 Å². The van der Waals surface area contributed by atoms with E-state index in [2.05, 4.69) is 11.9 Å². The molecule has 1 aliphatic heterocycles. The number of fused-ring (bicyclic) bond motifs is 1. The van der Waals surface area contributed by atoms with E-state index in [1.165, 1.54) is 18.2 Å². The Balaban J connectivity index is 2.21. The third kappa shape index (κ3) is 3.46. The van der Waals surface area contributed by atoms with Crippen LogP contribution in [0, 0.1) is 0 Å². The van der Waals surface area contributed by atoms with E-state index < -0.39 is 17.9 Å². The number of benzene rings is 1. The molecule has 1 unspecified atom stereocenters. The Morgan fingerprint density at radius 1 is 1.43 bits per heavy atom. The number of hydrogen-bond donors (Lipinski definition) is 2. The van der Waals surface area contributed by atoms with Crippen molar-refractivity contribution in [3.8, 4) is 11.5 Å². The molecule has 1 heterocycles. The molecule has 1 amide bonds. The Bertz CT molecular complexity index is 587. The maximum atomic E-state index is 12.1. The van der Waals surface area contributed by atoms with E-state index in [9.17, 15) is 9.59 Å². The van der Waals surface area contributed by atoms with Gasteiger partial charge in [-0.05, 0) is 18.6 Å². The predicted molar refractivity (Wildman–Crippen MR) is 76.1 cm³/mol. The fraction of sp³-hybridized carbons (Fsp3) is 0.286. The lowest BCUT2D eigenvalue weighted by molar-refractivity contribution is -0.139. The summed E-state index contributed by atoms with van der Waals surface area (Å²) in [5, 5.41) is 11.7. The van der Waals surface area contributed by atoms with E-state index in [0.717, 1.165) is 0 Å². The van der Waals surface area contributed by atoms with Gasteiger partial charge in [0.1, 0.15) is 19.3 Å². The number of rotatable bonds is 5. The van der Waals surface area contributed by atoms with Crippen molar-refractivity contribution in [3.05, 3.63) is 35.4 Å². The molecule has 112 valence electrons. The maximum Gasteiger partial charge on any atom is 0.326 e. The van der Waals surface area contributed by atoms with Gasteiger partial charge in [-0.15, -0.1) is 6.58 Å². The summed E-state index contributed by atoms with van der Waals surface area (Å²) in [6, 6.07) is 1.85. The third-order valence-electron chi connectivity index (χ3n) is 2.86. The maximum absolute atomic E-state index is 12.1. The van der Waals surface area contributed by atoms with Crippen LogP contribution in [0.15, 0.2) is 24.8 Å². The van der Waals surface area contributed by atoms with Gasteiger partial charge < -0.3 is 19.9 Å². The smallest absolute Gasteiger partial charge is 0.326 e. The lowest BCUT2D eigenvalue weighted by atomic mass is 10.1.